The van der Waals surface area contributed by atoms with E-state index in [9.17, 15) is 9.90 Å². The van der Waals surface area contributed by atoms with Crippen LogP contribution in [-0.2, 0) is 4.79 Å². The highest BCUT2D eigenvalue weighted by molar-refractivity contribution is 5.76. The summed E-state index contributed by atoms with van der Waals surface area (Å²) in [5.74, 6) is 0.589. The predicted octanol–water partition coefficient (Wildman–Crippen LogP) is 2.62. The normalized spacial score (nSPS) is 15.4. The molecule has 1 aromatic carbocycles. The first kappa shape index (κ1) is 14.7. The average Bonchev–Trinajstić information content (AvgIpc) is 2.48. The van der Waals surface area contributed by atoms with E-state index in [1.807, 2.05) is 23.1 Å². The van der Waals surface area contributed by atoms with Gasteiger partial charge in [-0.1, -0.05) is 31.9 Å². The first-order valence-corrected chi connectivity index (χ1v) is 7.53. The number of hydrogen-bond donors (Lipinski definition) is 1. The molecule has 4 nitrogen and oxygen atoms in total. The van der Waals surface area contributed by atoms with E-state index in [-0.39, 0.29) is 5.91 Å². The number of phenols is 1. The summed E-state index contributed by atoms with van der Waals surface area (Å²) < 4.78 is 0. The standard InChI is InChI=1S/C16H24N2O2/c1-2-3-4-9-16(20)18-12-10-17(11-13-18)14-7-5-6-8-15(14)19/h5-8,19H,2-4,9-13H2,1H3. The van der Waals surface area contributed by atoms with Crippen molar-refractivity contribution in [3.63, 3.8) is 0 Å². The van der Waals surface area contributed by atoms with E-state index in [4.69, 9.17) is 0 Å². The zero-order valence-electron chi connectivity index (χ0n) is 12.2. The molecule has 0 radical (unpaired) electrons. The number of hydrogen-bond acceptors (Lipinski definition) is 3. The number of phenolic OH excluding ortho intramolecular Hbond substituents is 1. The van der Waals surface area contributed by atoms with Gasteiger partial charge in [0.05, 0.1) is 5.69 Å². The Balaban J connectivity index is 1.83. The van der Waals surface area contributed by atoms with Gasteiger partial charge in [0.2, 0.25) is 5.91 Å². The fourth-order valence-corrected chi connectivity index (χ4v) is 2.61. The summed E-state index contributed by atoms with van der Waals surface area (Å²) in [5, 5.41) is 9.86. The number of piperazine rings is 1. The molecule has 1 amide bonds. The molecule has 0 saturated carbocycles. The minimum absolute atomic E-state index is 0.274. The zero-order valence-corrected chi connectivity index (χ0v) is 12.2. The number of unbranched alkanes of at least 4 members (excludes halogenated alkanes) is 2. The van der Waals surface area contributed by atoms with Crippen LogP contribution in [0.15, 0.2) is 24.3 Å². The number of carbonyl (C=O) groups is 1. The second kappa shape index (κ2) is 7.17. The predicted molar refractivity (Wildman–Crippen MR) is 81.0 cm³/mol. The van der Waals surface area contributed by atoms with Crippen LogP contribution in [0.5, 0.6) is 5.75 Å². The summed E-state index contributed by atoms with van der Waals surface area (Å²) in [7, 11) is 0. The molecule has 1 saturated heterocycles. The van der Waals surface area contributed by atoms with Crippen LogP contribution in [0.2, 0.25) is 0 Å². The summed E-state index contributed by atoms with van der Waals surface area (Å²) in [6.07, 6.45) is 3.94. The first-order chi connectivity index (χ1) is 9.72. The number of aromatic hydroxyl groups is 1. The lowest BCUT2D eigenvalue weighted by atomic mass is 10.1. The van der Waals surface area contributed by atoms with Gasteiger partial charge in [-0.2, -0.15) is 0 Å². The molecule has 1 aromatic rings. The van der Waals surface area contributed by atoms with Gasteiger partial charge in [-0.05, 0) is 18.6 Å². The first-order valence-electron chi connectivity index (χ1n) is 7.53. The second-order valence-electron chi connectivity index (χ2n) is 5.31. The fourth-order valence-electron chi connectivity index (χ4n) is 2.61. The van der Waals surface area contributed by atoms with E-state index in [0.717, 1.165) is 51.1 Å². The number of carbonyl (C=O) groups excluding carboxylic acids is 1. The van der Waals surface area contributed by atoms with Crippen molar-refractivity contribution >= 4 is 11.6 Å². The van der Waals surface area contributed by atoms with Crippen molar-refractivity contribution in [3.8, 4) is 5.75 Å². The number of nitrogens with zero attached hydrogens (tertiary/aromatic N) is 2. The van der Waals surface area contributed by atoms with Gasteiger partial charge in [0, 0.05) is 32.6 Å². The molecule has 2 rings (SSSR count). The summed E-state index contributed by atoms with van der Waals surface area (Å²) >= 11 is 0. The molecule has 1 aliphatic heterocycles. The lowest BCUT2D eigenvalue weighted by molar-refractivity contribution is -0.131. The SMILES string of the molecule is CCCCCC(=O)N1CCN(c2ccccc2O)CC1. The van der Waals surface area contributed by atoms with E-state index in [1.165, 1.54) is 0 Å². The molecule has 1 aliphatic rings. The average molecular weight is 276 g/mol. The quantitative estimate of drug-likeness (QED) is 0.841. The number of rotatable bonds is 5. The third-order valence-electron chi connectivity index (χ3n) is 3.85. The number of amides is 1. The van der Waals surface area contributed by atoms with Gasteiger partial charge in [-0.15, -0.1) is 0 Å². The number of benzene rings is 1. The van der Waals surface area contributed by atoms with E-state index in [0.29, 0.717) is 12.2 Å². The Morgan fingerprint density at radius 2 is 1.85 bits per heavy atom. The summed E-state index contributed by atoms with van der Waals surface area (Å²) in [5.41, 5.74) is 0.866. The summed E-state index contributed by atoms with van der Waals surface area (Å²) in [6.45, 7) is 5.22. The molecule has 110 valence electrons. The Bertz CT molecular complexity index is 440. The van der Waals surface area contributed by atoms with Gasteiger partial charge >= 0.3 is 0 Å². The highest BCUT2D eigenvalue weighted by atomic mass is 16.3. The molecule has 1 heterocycles. The molecular weight excluding hydrogens is 252 g/mol. The summed E-state index contributed by atoms with van der Waals surface area (Å²) in [4.78, 5) is 16.1. The van der Waals surface area contributed by atoms with Crippen molar-refractivity contribution in [2.45, 2.75) is 32.6 Å². The van der Waals surface area contributed by atoms with Gasteiger partial charge in [0.15, 0.2) is 0 Å². The number of anilines is 1. The highest BCUT2D eigenvalue weighted by Crippen LogP contribution is 2.27. The van der Waals surface area contributed by atoms with E-state index in [2.05, 4.69) is 11.8 Å². The van der Waals surface area contributed by atoms with Crippen LogP contribution in [0.1, 0.15) is 32.6 Å². The van der Waals surface area contributed by atoms with Gasteiger partial charge in [0.1, 0.15) is 5.75 Å². The second-order valence-corrected chi connectivity index (χ2v) is 5.31. The zero-order chi connectivity index (χ0) is 14.4. The molecule has 0 aliphatic carbocycles. The van der Waals surface area contributed by atoms with Gasteiger partial charge in [-0.25, -0.2) is 0 Å². The molecule has 1 fully saturated rings. The van der Waals surface area contributed by atoms with Crippen molar-refractivity contribution < 1.29 is 9.90 Å². The molecule has 0 aromatic heterocycles. The topological polar surface area (TPSA) is 43.8 Å². The molecule has 0 atom stereocenters. The lowest BCUT2D eigenvalue weighted by Gasteiger charge is -2.36. The maximum Gasteiger partial charge on any atom is 0.222 e. The maximum absolute atomic E-state index is 12.0. The Morgan fingerprint density at radius 1 is 1.15 bits per heavy atom. The van der Waals surface area contributed by atoms with E-state index >= 15 is 0 Å². The van der Waals surface area contributed by atoms with Crippen molar-refractivity contribution in [2.75, 3.05) is 31.1 Å². The third kappa shape index (κ3) is 3.65. The molecule has 0 spiro atoms. The van der Waals surface area contributed by atoms with Gasteiger partial charge in [-0.3, -0.25) is 4.79 Å². The molecular formula is C16H24N2O2. The minimum Gasteiger partial charge on any atom is -0.506 e. The molecule has 0 unspecified atom stereocenters. The fraction of sp³-hybridized carbons (Fsp3) is 0.562. The molecule has 4 heteroatoms. The van der Waals surface area contributed by atoms with Crippen molar-refractivity contribution in [3.05, 3.63) is 24.3 Å². The van der Waals surface area contributed by atoms with Crippen LogP contribution in [0, 0.1) is 0 Å². The van der Waals surface area contributed by atoms with E-state index in [1.54, 1.807) is 6.07 Å². The van der Waals surface area contributed by atoms with Crippen molar-refractivity contribution in [1.82, 2.24) is 4.90 Å². The highest BCUT2D eigenvalue weighted by Gasteiger charge is 2.21. The van der Waals surface area contributed by atoms with Crippen LogP contribution >= 0.6 is 0 Å². The monoisotopic (exact) mass is 276 g/mol. The maximum atomic E-state index is 12.0. The Labute approximate surface area is 121 Å². The lowest BCUT2D eigenvalue weighted by Crippen LogP contribution is -2.48. The Hall–Kier alpha value is -1.71. The smallest absolute Gasteiger partial charge is 0.222 e. The van der Waals surface area contributed by atoms with Crippen LogP contribution in [0.25, 0.3) is 0 Å². The Morgan fingerprint density at radius 3 is 2.50 bits per heavy atom. The van der Waals surface area contributed by atoms with Crippen LogP contribution in [-0.4, -0.2) is 42.1 Å². The van der Waals surface area contributed by atoms with Crippen molar-refractivity contribution in [1.29, 1.82) is 0 Å². The van der Waals surface area contributed by atoms with Crippen LogP contribution in [0.3, 0.4) is 0 Å². The Kier molecular flexibility index (Phi) is 5.27. The molecule has 20 heavy (non-hydrogen) atoms. The number of para-hydroxylation sites is 2. The van der Waals surface area contributed by atoms with Gasteiger partial charge < -0.3 is 14.9 Å². The minimum atomic E-state index is 0.274. The molecule has 0 bridgehead atoms. The van der Waals surface area contributed by atoms with Crippen LogP contribution < -0.4 is 4.90 Å². The third-order valence-corrected chi connectivity index (χ3v) is 3.85. The largest absolute Gasteiger partial charge is 0.506 e. The molecule has 1 N–H and O–H groups in total. The summed E-state index contributed by atoms with van der Waals surface area (Å²) in [6, 6.07) is 7.38. The van der Waals surface area contributed by atoms with Crippen LogP contribution in [0.4, 0.5) is 5.69 Å². The van der Waals surface area contributed by atoms with E-state index < -0.39 is 0 Å². The van der Waals surface area contributed by atoms with Crippen molar-refractivity contribution in [2.24, 2.45) is 0 Å². The van der Waals surface area contributed by atoms with Gasteiger partial charge in [0.25, 0.3) is 0 Å².